The Hall–Kier alpha value is -1.58. The molecule has 0 rings (SSSR count). The third-order valence-electron chi connectivity index (χ3n) is 1.33. The largest absolute Gasteiger partial charge is 0.478 e. The van der Waals surface area contributed by atoms with Crippen molar-refractivity contribution in [2.24, 2.45) is 0 Å². The Morgan fingerprint density at radius 3 is 2.13 bits per heavy atom. The summed E-state index contributed by atoms with van der Waals surface area (Å²) in [4.78, 5) is 19.7. The second-order valence-electron chi connectivity index (χ2n) is 2.62. The van der Waals surface area contributed by atoms with Gasteiger partial charge in [-0.25, -0.2) is 9.59 Å². The monoisotopic (exact) mass is 214 g/mol. The van der Waals surface area contributed by atoms with E-state index in [1.54, 1.807) is 0 Å². The zero-order valence-corrected chi connectivity index (χ0v) is 9.07. The second-order valence-corrected chi connectivity index (χ2v) is 2.62. The van der Waals surface area contributed by atoms with Crippen LogP contribution in [0.1, 0.15) is 26.2 Å². The summed E-state index contributed by atoms with van der Waals surface area (Å²) in [6, 6.07) is 0. The Morgan fingerprint density at radius 2 is 1.80 bits per heavy atom. The smallest absolute Gasteiger partial charge is 0.330 e. The maximum absolute atomic E-state index is 10.4. The van der Waals surface area contributed by atoms with Gasteiger partial charge < -0.3 is 9.84 Å². The molecule has 86 valence electrons. The lowest BCUT2D eigenvalue weighted by atomic mass is 10.3. The molecule has 15 heavy (non-hydrogen) atoms. The molecule has 0 saturated heterocycles. The van der Waals surface area contributed by atoms with Crippen LogP contribution >= 0.6 is 0 Å². The van der Waals surface area contributed by atoms with E-state index in [0.29, 0.717) is 6.61 Å². The molecule has 0 aliphatic heterocycles. The van der Waals surface area contributed by atoms with Crippen molar-refractivity contribution in [2.45, 2.75) is 26.2 Å². The van der Waals surface area contributed by atoms with Crippen molar-refractivity contribution in [3.8, 4) is 0 Å². The fourth-order valence-electron chi connectivity index (χ4n) is 0.584. The van der Waals surface area contributed by atoms with Gasteiger partial charge >= 0.3 is 11.9 Å². The van der Waals surface area contributed by atoms with Gasteiger partial charge in [0, 0.05) is 12.2 Å². The van der Waals surface area contributed by atoms with Crippen molar-refractivity contribution < 1.29 is 19.4 Å². The van der Waals surface area contributed by atoms with Crippen LogP contribution in [0.5, 0.6) is 0 Å². The third kappa shape index (κ3) is 19.0. The van der Waals surface area contributed by atoms with Crippen molar-refractivity contribution in [1.82, 2.24) is 0 Å². The molecule has 0 spiro atoms. The minimum absolute atomic E-state index is 0.323. The number of ether oxygens (including phenoxy) is 1. The SMILES string of the molecule is C=CC(=O)O.C=CC(=O)OCCCCC. The van der Waals surface area contributed by atoms with Crippen LogP contribution in [0.3, 0.4) is 0 Å². The number of esters is 1. The Morgan fingerprint density at radius 1 is 1.27 bits per heavy atom. The molecule has 0 atom stereocenters. The Bertz CT molecular complexity index is 209. The first-order valence-corrected chi connectivity index (χ1v) is 4.73. The van der Waals surface area contributed by atoms with Crippen LogP contribution in [-0.2, 0) is 14.3 Å². The molecular weight excluding hydrogens is 196 g/mol. The highest BCUT2D eigenvalue weighted by molar-refractivity contribution is 5.81. The molecule has 0 saturated carbocycles. The van der Waals surface area contributed by atoms with E-state index in [2.05, 4.69) is 20.1 Å². The maximum atomic E-state index is 10.4. The van der Waals surface area contributed by atoms with Gasteiger partial charge in [0.15, 0.2) is 0 Å². The standard InChI is InChI=1S/C8H14O2.C3H4O2/c1-3-5-6-7-10-8(9)4-2;1-2-3(4)5/h4H,2-3,5-7H2,1H3;2H,1H2,(H,4,5). The molecule has 0 aromatic carbocycles. The van der Waals surface area contributed by atoms with Crippen molar-refractivity contribution >= 4 is 11.9 Å². The summed E-state index contributed by atoms with van der Waals surface area (Å²) in [7, 11) is 0. The van der Waals surface area contributed by atoms with E-state index in [9.17, 15) is 9.59 Å². The normalized spacial score (nSPS) is 8.07. The van der Waals surface area contributed by atoms with Gasteiger partial charge in [0.25, 0.3) is 0 Å². The first kappa shape index (κ1) is 15.9. The molecular formula is C11H18O4. The lowest BCUT2D eigenvalue weighted by Crippen LogP contribution is -2.01. The zero-order valence-electron chi connectivity index (χ0n) is 9.07. The highest BCUT2D eigenvalue weighted by Gasteiger charge is 1.92. The van der Waals surface area contributed by atoms with Crippen molar-refractivity contribution in [1.29, 1.82) is 0 Å². The molecule has 0 aliphatic rings. The minimum Gasteiger partial charge on any atom is -0.478 e. The van der Waals surface area contributed by atoms with E-state index >= 15 is 0 Å². The van der Waals surface area contributed by atoms with Crippen molar-refractivity contribution in [3.63, 3.8) is 0 Å². The van der Waals surface area contributed by atoms with Gasteiger partial charge in [0.05, 0.1) is 6.61 Å². The fraction of sp³-hybridized carbons (Fsp3) is 0.455. The summed E-state index contributed by atoms with van der Waals surface area (Å²) >= 11 is 0. The van der Waals surface area contributed by atoms with Gasteiger partial charge in [-0.15, -0.1) is 0 Å². The first-order valence-electron chi connectivity index (χ1n) is 4.73. The van der Waals surface area contributed by atoms with Gasteiger partial charge in [-0.1, -0.05) is 32.9 Å². The predicted octanol–water partition coefficient (Wildman–Crippen LogP) is 2.16. The summed E-state index contributed by atoms with van der Waals surface area (Å²) in [5.74, 6) is -1.30. The molecule has 0 bridgehead atoms. The average Bonchev–Trinajstić information content (AvgIpc) is 2.24. The molecule has 0 fully saturated rings. The number of unbranched alkanes of at least 4 members (excludes halogenated alkanes) is 2. The Labute approximate surface area is 90.2 Å². The molecule has 4 nitrogen and oxygen atoms in total. The van der Waals surface area contributed by atoms with Gasteiger partial charge in [-0.3, -0.25) is 0 Å². The van der Waals surface area contributed by atoms with Crippen LogP contribution in [0.4, 0.5) is 0 Å². The molecule has 0 aliphatic carbocycles. The highest BCUT2D eigenvalue weighted by atomic mass is 16.5. The van der Waals surface area contributed by atoms with E-state index in [1.165, 1.54) is 6.08 Å². The van der Waals surface area contributed by atoms with Gasteiger partial charge in [-0.05, 0) is 6.42 Å². The summed E-state index contributed by atoms with van der Waals surface area (Å²) < 4.78 is 4.74. The van der Waals surface area contributed by atoms with E-state index in [1.807, 2.05) is 0 Å². The average molecular weight is 214 g/mol. The number of carboxylic acid groups (broad SMARTS) is 1. The molecule has 1 N–H and O–H groups in total. The highest BCUT2D eigenvalue weighted by Crippen LogP contribution is 1.94. The van der Waals surface area contributed by atoms with Gasteiger partial charge in [0.1, 0.15) is 0 Å². The maximum Gasteiger partial charge on any atom is 0.330 e. The van der Waals surface area contributed by atoms with E-state index in [4.69, 9.17) is 9.84 Å². The molecule has 0 aromatic heterocycles. The lowest BCUT2D eigenvalue weighted by molar-refractivity contribution is -0.138. The summed E-state index contributed by atoms with van der Waals surface area (Å²) in [6.07, 6.45) is 5.23. The van der Waals surface area contributed by atoms with E-state index in [-0.39, 0.29) is 5.97 Å². The van der Waals surface area contributed by atoms with Crippen LogP contribution < -0.4 is 0 Å². The Kier molecular flexibility index (Phi) is 13.1. The Balaban J connectivity index is 0. The summed E-state index contributed by atoms with van der Waals surface area (Å²) in [5.41, 5.74) is 0. The lowest BCUT2D eigenvalue weighted by Gasteiger charge is -1.98. The summed E-state index contributed by atoms with van der Waals surface area (Å²) in [6.45, 7) is 8.88. The molecule has 0 radical (unpaired) electrons. The summed E-state index contributed by atoms with van der Waals surface area (Å²) in [5, 5.41) is 7.60. The number of carbonyl (C=O) groups is 2. The van der Waals surface area contributed by atoms with Crippen LogP contribution in [0.2, 0.25) is 0 Å². The second kappa shape index (κ2) is 12.4. The topological polar surface area (TPSA) is 63.6 Å². The third-order valence-corrected chi connectivity index (χ3v) is 1.33. The number of rotatable bonds is 6. The molecule has 0 heterocycles. The van der Waals surface area contributed by atoms with E-state index in [0.717, 1.165) is 25.3 Å². The number of aliphatic carboxylic acids is 1. The van der Waals surface area contributed by atoms with Gasteiger partial charge in [-0.2, -0.15) is 0 Å². The van der Waals surface area contributed by atoms with E-state index < -0.39 is 5.97 Å². The van der Waals surface area contributed by atoms with Crippen LogP contribution in [0, 0.1) is 0 Å². The van der Waals surface area contributed by atoms with Crippen LogP contribution in [0.25, 0.3) is 0 Å². The number of hydrogen-bond acceptors (Lipinski definition) is 3. The zero-order chi connectivity index (χ0) is 12.1. The van der Waals surface area contributed by atoms with Crippen LogP contribution in [0.15, 0.2) is 25.3 Å². The quantitative estimate of drug-likeness (QED) is 0.418. The molecule has 0 unspecified atom stereocenters. The minimum atomic E-state index is -0.981. The van der Waals surface area contributed by atoms with Crippen LogP contribution in [-0.4, -0.2) is 23.7 Å². The molecule has 0 aromatic rings. The predicted molar refractivity (Wildman–Crippen MR) is 58.5 cm³/mol. The molecule has 4 heteroatoms. The van der Waals surface area contributed by atoms with Gasteiger partial charge in [0.2, 0.25) is 0 Å². The number of carbonyl (C=O) groups excluding carboxylic acids is 1. The van der Waals surface area contributed by atoms with Crippen molar-refractivity contribution in [2.75, 3.05) is 6.61 Å². The number of carboxylic acids is 1. The number of hydrogen-bond donors (Lipinski definition) is 1. The molecule has 0 amide bonds. The van der Waals surface area contributed by atoms with Crippen molar-refractivity contribution in [3.05, 3.63) is 25.3 Å². The first-order chi connectivity index (χ1) is 7.08. The fourth-order valence-corrected chi connectivity index (χ4v) is 0.584.